The SMILES string of the molecule is COc1ccc2cc(CNC(=O)c3cc4ccccc4[nH]c3=O)ccc2c1. The predicted molar refractivity (Wildman–Crippen MR) is 106 cm³/mol. The van der Waals surface area contributed by atoms with Crippen molar-refractivity contribution in [1.82, 2.24) is 10.3 Å². The second kappa shape index (κ2) is 6.96. The van der Waals surface area contributed by atoms with E-state index in [-0.39, 0.29) is 5.56 Å². The topological polar surface area (TPSA) is 71.2 Å². The summed E-state index contributed by atoms with van der Waals surface area (Å²) < 4.78 is 5.23. The lowest BCUT2D eigenvalue weighted by molar-refractivity contribution is 0.0949. The van der Waals surface area contributed by atoms with Gasteiger partial charge in [-0.25, -0.2) is 0 Å². The van der Waals surface area contributed by atoms with E-state index in [9.17, 15) is 9.59 Å². The maximum absolute atomic E-state index is 12.5. The predicted octanol–water partition coefficient (Wildman–Crippen LogP) is 3.62. The van der Waals surface area contributed by atoms with Gasteiger partial charge in [0.1, 0.15) is 11.3 Å². The normalized spacial score (nSPS) is 10.9. The molecule has 0 fully saturated rings. The molecule has 0 atom stereocenters. The third-order valence-electron chi connectivity index (χ3n) is 4.56. The van der Waals surface area contributed by atoms with Gasteiger partial charge in [0.25, 0.3) is 11.5 Å². The average molecular weight is 358 g/mol. The van der Waals surface area contributed by atoms with Gasteiger partial charge in [-0.15, -0.1) is 0 Å². The number of methoxy groups -OCH3 is 1. The Kier molecular flexibility index (Phi) is 4.34. The molecule has 1 heterocycles. The molecule has 0 radical (unpaired) electrons. The summed E-state index contributed by atoms with van der Waals surface area (Å²) in [6.45, 7) is 0.340. The van der Waals surface area contributed by atoms with E-state index in [1.165, 1.54) is 0 Å². The fraction of sp³-hybridized carbons (Fsp3) is 0.0909. The van der Waals surface area contributed by atoms with E-state index in [1.54, 1.807) is 13.2 Å². The number of nitrogens with one attached hydrogen (secondary N) is 2. The van der Waals surface area contributed by atoms with Crippen LogP contribution in [0.3, 0.4) is 0 Å². The van der Waals surface area contributed by atoms with Gasteiger partial charge in [0, 0.05) is 12.1 Å². The minimum absolute atomic E-state index is 0.110. The Morgan fingerprint density at radius 1 is 0.963 bits per heavy atom. The third-order valence-corrected chi connectivity index (χ3v) is 4.56. The van der Waals surface area contributed by atoms with Crippen LogP contribution in [0.25, 0.3) is 21.7 Å². The fourth-order valence-corrected chi connectivity index (χ4v) is 3.10. The molecule has 0 unspecified atom stereocenters. The van der Waals surface area contributed by atoms with Crippen molar-refractivity contribution in [2.24, 2.45) is 0 Å². The molecule has 5 nitrogen and oxygen atoms in total. The van der Waals surface area contributed by atoms with Gasteiger partial charge in [0.2, 0.25) is 0 Å². The van der Waals surface area contributed by atoms with Crippen LogP contribution in [0.5, 0.6) is 5.75 Å². The van der Waals surface area contributed by atoms with Crippen LogP contribution in [-0.4, -0.2) is 18.0 Å². The summed E-state index contributed by atoms with van der Waals surface area (Å²) in [4.78, 5) is 27.4. The van der Waals surface area contributed by atoms with Crippen molar-refractivity contribution in [3.8, 4) is 5.75 Å². The van der Waals surface area contributed by atoms with E-state index in [4.69, 9.17) is 4.74 Å². The Morgan fingerprint density at radius 2 is 1.74 bits per heavy atom. The number of rotatable bonds is 4. The quantitative estimate of drug-likeness (QED) is 0.585. The summed E-state index contributed by atoms with van der Waals surface area (Å²) in [7, 11) is 1.64. The van der Waals surface area contributed by atoms with Gasteiger partial charge in [-0.1, -0.05) is 36.4 Å². The van der Waals surface area contributed by atoms with E-state index in [0.717, 1.165) is 27.5 Å². The Morgan fingerprint density at radius 3 is 2.59 bits per heavy atom. The van der Waals surface area contributed by atoms with Crippen LogP contribution in [0.2, 0.25) is 0 Å². The molecule has 0 aliphatic heterocycles. The highest BCUT2D eigenvalue weighted by Gasteiger charge is 2.11. The van der Waals surface area contributed by atoms with E-state index in [0.29, 0.717) is 12.1 Å². The number of amides is 1. The Bertz CT molecular complexity index is 1210. The third kappa shape index (κ3) is 3.40. The number of aromatic amines is 1. The van der Waals surface area contributed by atoms with Gasteiger partial charge >= 0.3 is 0 Å². The number of pyridine rings is 1. The number of fused-ring (bicyclic) bond motifs is 2. The van der Waals surface area contributed by atoms with Gasteiger partial charge in [0.05, 0.1) is 7.11 Å². The number of ether oxygens (including phenoxy) is 1. The van der Waals surface area contributed by atoms with Crippen molar-refractivity contribution in [3.63, 3.8) is 0 Å². The number of aromatic nitrogens is 1. The molecule has 0 aliphatic rings. The highest BCUT2D eigenvalue weighted by molar-refractivity contribution is 5.97. The van der Waals surface area contributed by atoms with Crippen molar-refractivity contribution in [2.75, 3.05) is 7.11 Å². The van der Waals surface area contributed by atoms with Gasteiger partial charge in [-0.2, -0.15) is 0 Å². The Hall–Kier alpha value is -3.60. The molecular weight excluding hydrogens is 340 g/mol. The van der Waals surface area contributed by atoms with Crippen LogP contribution in [0, 0.1) is 0 Å². The summed E-state index contributed by atoms with van der Waals surface area (Å²) in [5, 5.41) is 5.77. The van der Waals surface area contributed by atoms with Gasteiger partial charge in [-0.05, 0) is 52.1 Å². The smallest absolute Gasteiger partial charge is 0.261 e. The lowest BCUT2D eigenvalue weighted by atomic mass is 10.1. The number of benzene rings is 3. The standard InChI is InChI=1S/C22H18N2O3/c1-27-18-9-8-15-10-14(6-7-16(15)11-18)13-23-21(25)19-12-17-4-2-3-5-20(17)24-22(19)26/h2-12H,13H2,1H3,(H,23,25)(H,24,26). The molecule has 1 aromatic heterocycles. The average Bonchev–Trinajstić information content (AvgIpc) is 2.70. The molecule has 0 bridgehead atoms. The second-order valence-electron chi connectivity index (χ2n) is 6.33. The molecule has 4 aromatic rings. The Balaban J connectivity index is 1.54. The molecule has 2 N–H and O–H groups in total. The number of hydrogen-bond acceptors (Lipinski definition) is 3. The molecule has 4 rings (SSSR count). The zero-order chi connectivity index (χ0) is 18.8. The van der Waals surface area contributed by atoms with Gasteiger partial charge in [0.15, 0.2) is 0 Å². The number of para-hydroxylation sites is 1. The number of hydrogen-bond donors (Lipinski definition) is 2. The zero-order valence-corrected chi connectivity index (χ0v) is 14.8. The number of carbonyl (C=O) groups is 1. The minimum Gasteiger partial charge on any atom is -0.497 e. The highest BCUT2D eigenvalue weighted by atomic mass is 16.5. The molecule has 0 saturated heterocycles. The van der Waals surface area contributed by atoms with E-state index in [2.05, 4.69) is 10.3 Å². The maximum Gasteiger partial charge on any atom is 0.261 e. The summed E-state index contributed by atoms with van der Waals surface area (Å²) in [5.41, 5.74) is 1.39. The minimum atomic E-state index is -0.392. The van der Waals surface area contributed by atoms with Crippen LogP contribution >= 0.6 is 0 Å². The van der Waals surface area contributed by atoms with Crippen LogP contribution in [-0.2, 0) is 6.54 Å². The van der Waals surface area contributed by atoms with Crippen molar-refractivity contribution in [1.29, 1.82) is 0 Å². The van der Waals surface area contributed by atoms with Crippen molar-refractivity contribution in [2.45, 2.75) is 6.54 Å². The molecule has 5 heteroatoms. The summed E-state index contributed by atoms with van der Waals surface area (Å²) in [6, 6.07) is 20.8. The Labute approximate surface area is 155 Å². The number of H-pyrrole nitrogens is 1. The van der Waals surface area contributed by atoms with Gasteiger partial charge < -0.3 is 15.0 Å². The summed E-state index contributed by atoms with van der Waals surface area (Å²) in [6.07, 6.45) is 0. The van der Waals surface area contributed by atoms with E-state index < -0.39 is 11.5 Å². The van der Waals surface area contributed by atoms with Crippen LogP contribution in [0.1, 0.15) is 15.9 Å². The van der Waals surface area contributed by atoms with Crippen LogP contribution in [0.4, 0.5) is 0 Å². The molecule has 3 aromatic carbocycles. The highest BCUT2D eigenvalue weighted by Crippen LogP contribution is 2.21. The van der Waals surface area contributed by atoms with Crippen molar-refractivity contribution >= 4 is 27.6 Å². The van der Waals surface area contributed by atoms with Crippen molar-refractivity contribution < 1.29 is 9.53 Å². The molecule has 1 amide bonds. The van der Waals surface area contributed by atoms with E-state index >= 15 is 0 Å². The van der Waals surface area contributed by atoms with Crippen LogP contribution < -0.4 is 15.6 Å². The first-order valence-electron chi connectivity index (χ1n) is 8.61. The molecule has 134 valence electrons. The summed E-state index contributed by atoms with van der Waals surface area (Å²) >= 11 is 0. The molecule has 0 aliphatic carbocycles. The van der Waals surface area contributed by atoms with Gasteiger partial charge in [-0.3, -0.25) is 9.59 Å². The second-order valence-corrected chi connectivity index (χ2v) is 6.33. The van der Waals surface area contributed by atoms with E-state index in [1.807, 2.05) is 60.7 Å². The number of carbonyl (C=O) groups excluding carboxylic acids is 1. The first kappa shape index (κ1) is 16.8. The van der Waals surface area contributed by atoms with Crippen LogP contribution in [0.15, 0.2) is 71.5 Å². The fourth-order valence-electron chi connectivity index (χ4n) is 3.10. The summed E-state index contributed by atoms with van der Waals surface area (Å²) in [5.74, 6) is 0.413. The largest absolute Gasteiger partial charge is 0.497 e. The monoisotopic (exact) mass is 358 g/mol. The maximum atomic E-state index is 12.5. The molecular formula is C22H18N2O3. The molecule has 0 saturated carbocycles. The molecule has 27 heavy (non-hydrogen) atoms. The first-order valence-corrected chi connectivity index (χ1v) is 8.61. The lowest BCUT2D eigenvalue weighted by Crippen LogP contribution is -2.29. The lowest BCUT2D eigenvalue weighted by Gasteiger charge is -2.08. The zero-order valence-electron chi connectivity index (χ0n) is 14.8. The first-order chi connectivity index (χ1) is 13.1. The molecule has 0 spiro atoms. The van der Waals surface area contributed by atoms with Crippen molar-refractivity contribution in [3.05, 3.63) is 88.2 Å².